The molecule has 184 valence electrons. The molecule has 4 aromatic rings. The van der Waals surface area contributed by atoms with Gasteiger partial charge in [0.15, 0.2) is 0 Å². The number of amides is 2. The lowest BCUT2D eigenvalue weighted by Crippen LogP contribution is -2.24. The van der Waals surface area contributed by atoms with Crippen LogP contribution in [-0.4, -0.2) is 17.6 Å². The molecule has 0 spiro atoms. The van der Waals surface area contributed by atoms with E-state index in [1.807, 2.05) is 60.7 Å². The number of hydrogen-bond donors (Lipinski definition) is 5. The molecule has 7 heteroatoms. The number of carbonyl (C=O) groups excluding carboxylic acids is 2. The zero-order valence-corrected chi connectivity index (χ0v) is 20.1. The van der Waals surface area contributed by atoms with Crippen molar-refractivity contribution in [1.82, 2.24) is 0 Å². The predicted octanol–water partition coefficient (Wildman–Crippen LogP) is 4.52. The summed E-state index contributed by atoms with van der Waals surface area (Å²) in [5, 5.41) is 11.6. The SMILES string of the molecule is N=C(N)c1ccc2c(c1)C(c1ccccc1)CC(c1ccccc1-c1ccc(C(N)=O)cc1C(N)=O)N2. The highest BCUT2D eigenvalue weighted by Gasteiger charge is 2.31. The zero-order chi connectivity index (χ0) is 26.1. The number of nitrogen functional groups attached to an aromatic ring is 1. The van der Waals surface area contributed by atoms with Crippen molar-refractivity contribution in [1.29, 1.82) is 5.41 Å². The molecule has 7 nitrogen and oxygen atoms in total. The van der Waals surface area contributed by atoms with Crippen molar-refractivity contribution in [2.75, 3.05) is 5.32 Å². The van der Waals surface area contributed by atoms with E-state index in [0.29, 0.717) is 11.1 Å². The van der Waals surface area contributed by atoms with Gasteiger partial charge in [-0.3, -0.25) is 15.0 Å². The van der Waals surface area contributed by atoms with E-state index in [1.54, 1.807) is 12.1 Å². The molecule has 5 rings (SSSR count). The number of hydrogen-bond acceptors (Lipinski definition) is 4. The van der Waals surface area contributed by atoms with Gasteiger partial charge in [-0.25, -0.2) is 0 Å². The van der Waals surface area contributed by atoms with Crippen LogP contribution in [0.5, 0.6) is 0 Å². The summed E-state index contributed by atoms with van der Waals surface area (Å²) in [6, 6.07) is 28.6. The number of nitrogens with one attached hydrogen (secondary N) is 2. The largest absolute Gasteiger partial charge is 0.384 e. The fraction of sp³-hybridized carbons (Fsp3) is 0.100. The summed E-state index contributed by atoms with van der Waals surface area (Å²) in [7, 11) is 0. The number of benzene rings is 4. The van der Waals surface area contributed by atoms with Crippen LogP contribution < -0.4 is 22.5 Å². The summed E-state index contributed by atoms with van der Waals surface area (Å²) in [5.41, 5.74) is 23.8. The topological polar surface area (TPSA) is 148 Å². The number of amidine groups is 1. The maximum absolute atomic E-state index is 12.4. The van der Waals surface area contributed by atoms with Crippen molar-refractivity contribution in [2.45, 2.75) is 18.4 Å². The van der Waals surface area contributed by atoms with E-state index in [4.69, 9.17) is 22.6 Å². The van der Waals surface area contributed by atoms with Crippen LogP contribution in [0.2, 0.25) is 0 Å². The fourth-order valence-corrected chi connectivity index (χ4v) is 5.15. The Bertz CT molecular complexity index is 1530. The maximum Gasteiger partial charge on any atom is 0.249 e. The molecule has 37 heavy (non-hydrogen) atoms. The summed E-state index contributed by atoms with van der Waals surface area (Å²) < 4.78 is 0. The smallest absolute Gasteiger partial charge is 0.249 e. The second-order valence-electron chi connectivity index (χ2n) is 9.19. The van der Waals surface area contributed by atoms with Crippen LogP contribution in [0, 0.1) is 5.41 Å². The second kappa shape index (κ2) is 9.62. The Morgan fingerprint density at radius 1 is 0.730 bits per heavy atom. The van der Waals surface area contributed by atoms with E-state index in [9.17, 15) is 9.59 Å². The van der Waals surface area contributed by atoms with Gasteiger partial charge in [0.25, 0.3) is 0 Å². The highest BCUT2D eigenvalue weighted by Crippen LogP contribution is 2.46. The first-order valence-electron chi connectivity index (χ1n) is 12.0. The van der Waals surface area contributed by atoms with E-state index >= 15 is 0 Å². The number of fused-ring (bicyclic) bond motifs is 1. The Kier molecular flexibility index (Phi) is 6.19. The minimum absolute atomic E-state index is 0.0282. The molecule has 0 bridgehead atoms. The van der Waals surface area contributed by atoms with Crippen LogP contribution in [0.15, 0.2) is 91.0 Å². The van der Waals surface area contributed by atoms with Crippen molar-refractivity contribution in [2.24, 2.45) is 17.2 Å². The molecule has 2 amide bonds. The van der Waals surface area contributed by atoms with Gasteiger partial charge >= 0.3 is 0 Å². The Balaban J connectivity index is 1.64. The number of rotatable bonds is 6. The van der Waals surface area contributed by atoms with Gasteiger partial charge in [-0.05, 0) is 64.6 Å². The average molecular weight is 490 g/mol. The van der Waals surface area contributed by atoms with Gasteiger partial charge in [0.05, 0.1) is 6.04 Å². The third-order valence-corrected chi connectivity index (χ3v) is 6.94. The highest BCUT2D eigenvalue weighted by atomic mass is 16.1. The molecule has 4 aromatic carbocycles. The van der Waals surface area contributed by atoms with Crippen molar-refractivity contribution in [3.63, 3.8) is 0 Å². The van der Waals surface area contributed by atoms with Crippen molar-refractivity contribution in [3.8, 4) is 11.1 Å². The van der Waals surface area contributed by atoms with Crippen molar-refractivity contribution < 1.29 is 9.59 Å². The standard InChI is InChI=1S/C30H27N5O2/c31-28(32)18-11-13-26-24(14-18)23(17-6-2-1-3-7-17)16-27(35-26)22-9-5-4-8-20(22)21-12-10-19(29(33)36)15-25(21)30(34)37/h1-15,23,27,35H,16H2,(H3,31,32)(H2,33,36)(H2,34,37). The molecule has 1 aliphatic rings. The Hall–Kier alpha value is -4.91. The fourth-order valence-electron chi connectivity index (χ4n) is 5.15. The Labute approximate surface area is 214 Å². The van der Waals surface area contributed by atoms with Crippen molar-refractivity contribution >= 4 is 23.3 Å². The van der Waals surface area contributed by atoms with Crippen LogP contribution in [0.25, 0.3) is 11.1 Å². The Morgan fingerprint density at radius 2 is 1.43 bits per heavy atom. The lowest BCUT2D eigenvalue weighted by Gasteiger charge is -2.35. The molecular weight excluding hydrogens is 462 g/mol. The molecule has 0 radical (unpaired) electrons. The summed E-state index contributed by atoms with van der Waals surface area (Å²) >= 11 is 0. The molecule has 0 aromatic heterocycles. The van der Waals surface area contributed by atoms with Gasteiger partial charge in [-0.1, -0.05) is 60.7 Å². The third-order valence-electron chi connectivity index (χ3n) is 6.94. The second-order valence-corrected chi connectivity index (χ2v) is 9.19. The predicted molar refractivity (Wildman–Crippen MR) is 146 cm³/mol. The van der Waals surface area contributed by atoms with Crippen LogP contribution in [-0.2, 0) is 0 Å². The monoisotopic (exact) mass is 489 g/mol. The van der Waals surface area contributed by atoms with Gasteiger partial charge in [0, 0.05) is 28.3 Å². The lowest BCUT2D eigenvalue weighted by atomic mass is 9.78. The van der Waals surface area contributed by atoms with Gasteiger partial charge in [0.1, 0.15) is 5.84 Å². The summed E-state index contributed by atoms with van der Waals surface area (Å²) in [6.45, 7) is 0. The molecule has 1 heterocycles. The number of nitrogens with two attached hydrogens (primary N) is 3. The molecule has 0 saturated heterocycles. The zero-order valence-electron chi connectivity index (χ0n) is 20.1. The highest BCUT2D eigenvalue weighted by molar-refractivity contribution is 6.03. The summed E-state index contributed by atoms with van der Waals surface area (Å²) in [5.74, 6) is -1.17. The van der Waals surface area contributed by atoms with E-state index in [2.05, 4.69) is 17.4 Å². The first-order chi connectivity index (χ1) is 17.8. The van der Waals surface area contributed by atoms with Crippen molar-refractivity contribution in [3.05, 3.63) is 124 Å². The van der Waals surface area contributed by atoms with Gasteiger partial charge in [-0.2, -0.15) is 0 Å². The molecule has 1 aliphatic heterocycles. The summed E-state index contributed by atoms with van der Waals surface area (Å²) in [4.78, 5) is 24.1. The summed E-state index contributed by atoms with van der Waals surface area (Å²) in [6.07, 6.45) is 0.737. The quantitative estimate of drug-likeness (QED) is 0.200. The van der Waals surface area contributed by atoms with Crippen LogP contribution in [0.4, 0.5) is 5.69 Å². The molecule has 0 fully saturated rings. The van der Waals surface area contributed by atoms with E-state index in [0.717, 1.165) is 34.4 Å². The van der Waals surface area contributed by atoms with Gasteiger partial charge < -0.3 is 22.5 Å². The molecule has 2 atom stereocenters. The first-order valence-corrected chi connectivity index (χ1v) is 12.0. The minimum Gasteiger partial charge on any atom is -0.384 e. The third kappa shape index (κ3) is 4.54. The van der Waals surface area contributed by atoms with E-state index in [-0.39, 0.29) is 28.9 Å². The maximum atomic E-state index is 12.4. The molecule has 2 unspecified atom stereocenters. The molecular formula is C30H27N5O2. The lowest BCUT2D eigenvalue weighted by molar-refractivity contribution is 0.0999. The van der Waals surface area contributed by atoms with Gasteiger partial charge in [0.2, 0.25) is 11.8 Å². The Morgan fingerprint density at radius 3 is 2.14 bits per heavy atom. The first kappa shape index (κ1) is 23.8. The normalized spacial score (nSPS) is 16.3. The number of carbonyl (C=O) groups is 2. The number of anilines is 1. The van der Waals surface area contributed by atoms with E-state index in [1.165, 1.54) is 6.07 Å². The number of primary amides is 2. The van der Waals surface area contributed by atoms with Crippen LogP contribution >= 0.6 is 0 Å². The minimum atomic E-state index is -0.631. The molecule has 8 N–H and O–H groups in total. The average Bonchev–Trinajstić information content (AvgIpc) is 2.92. The molecule has 0 saturated carbocycles. The van der Waals surface area contributed by atoms with E-state index < -0.39 is 11.8 Å². The van der Waals surface area contributed by atoms with Gasteiger partial charge in [-0.15, -0.1) is 0 Å². The van der Waals surface area contributed by atoms with Crippen LogP contribution in [0.3, 0.4) is 0 Å². The molecule has 0 aliphatic carbocycles. The van der Waals surface area contributed by atoms with Crippen LogP contribution in [0.1, 0.15) is 61.4 Å².